The van der Waals surface area contributed by atoms with Crippen LogP contribution in [0.4, 0.5) is 5.82 Å². The number of nitrogens with one attached hydrogen (secondary N) is 1. The Morgan fingerprint density at radius 3 is 3.00 bits per heavy atom. The molecule has 0 bridgehead atoms. The van der Waals surface area contributed by atoms with Crippen LogP contribution in [-0.4, -0.2) is 15.8 Å². The van der Waals surface area contributed by atoms with Crippen LogP contribution in [-0.2, 0) is 13.5 Å². The third-order valence-electron chi connectivity index (χ3n) is 2.41. The highest BCUT2D eigenvalue weighted by Gasteiger charge is 2.21. The second-order valence-electron chi connectivity index (χ2n) is 3.81. The van der Waals surface area contributed by atoms with E-state index in [-0.39, 0.29) is 0 Å². The minimum absolute atomic E-state index is 0.698. The van der Waals surface area contributed by atoms with Crippen LogP contribution in [0.1, 0.15) is 31.9 Å². The van der Waals surface area contributed by atoms with Gasteiger partial charge in [0, 0.05) is 24.8 Å². The van der Waals surface area contributed by atoms with Gasteiger partial charge in [-0.25, -0.2) is 0 Å². The van der Waals surface area contributed by atoms with Gasteiger partial charge in [0.25, 0.3) is 0 Å². The first-order chi connectivity index (χ1) is 6.29. The molecule has 13 heavy (non-hydrogen) atoms. The molecule has 1 N–H and O–H groups in total. The molecule has 1 heterocycles. The summed E-state index contributed by atoms with van der Waals surface area (Å²) in [6, 6.07) is 2.87. The summed E-state index contributed by atoms with van der Waals surface area (Å²) in [5.41, 5.74) is 1.32. The Labute approximate surface area is 79.1 Å². The Morgan fingerprint density at radius 1 is 1.62 bits per heavy atom. The van der Waals surface area contributed by atoms with E-state index < -0.39 is 0 Å². The first-order valence-electron chi connectivity index (χ1n) is 5.09. The Kier molecular flexibility index (Phi) is 2.25. The van der Waals surface area contributed by atoms with Crippen LogP contribution < -0.4 is 5.32 Å². The molecule has 0 unspecified atom stereocenters. The third kappa shape index (κ3) is 2.02. The van der Waals surface area contributed by atoms with Crippen molar-refractivity contribution in [2.45, 2.75) is 38.6 Å². The lowest BCUT2D eigenvalue weighted by Crippen LogP contribution is -2.02. The van der Waals surface area contributed by atoms with Gasteiger partial charge >= 0.3 is 0 Å². The summed E-state index contributed by atoms with van der Waals surface area (Å²) in [6.45, 7) is 2.20. The molecule has 1 aliphatic rings. The molecule has 3 heteroatoms. The standard InChI is InChI=1S/C10H17N3/c1-3-4-9-7-10(12-13(9)2)11-8-5-6-8/h7-8H,3-6H2,1-2H3,(H,11,12). The van der Waals surface area contributed by atoms with Gasteiger partial charge in [-0.3, -0.25) is 4.68 Å². The van der Waals surface area contributed by atoms with Crippen molar-refractivity contribution in [3.63, 3.8) is 0 Å². The van der Waals surface area contributed by atoms with Crippen molar-refractivity contribution in [3.05, 3.63) is 11.8 Å². The minimum Gasteiger partial charge on any atom is -0.366 e. The molecule has 1 fully saturated rings. The summed E-state index contributed by atoms with van der Waals surface area (Å²) in [7, 11) is 2.02. The maximum absolute atomic E-state index is 4.41. The number of anilines is 1. The molecule has 3 nitrogen and oxygen atoms in total. The van der Waals surface area contributed by atoms with Crippen LogP contribution in [0.3, 0.4) is 0 Å². The van der Waals surface area contributed by atoms with Gasteiger partial charge in [-0.2, -0.15) is 5.10 Å². The second-order valence-corrected chi connectivity index (χ2v) is 3.81. The van der Waals surface area contributed by atoms with Crippen LogP contribution in [0.25, 0.3) is 0 Å². The highest BCUT2D eigenvalue weighted by atomic mass is 15.3. The normalized spacial score (nSPS) is 16.2. The number of hydrogen-bond donors (Lipinski definition) is 1. The molecule has 0 radical (unpaired) electrons. The van der Waals surface area contributed by atoms with Crippen LogP contribution in [0.2, 0.25) is 0 Å². The van der Waals surface area contributed by atoms with E-state index in [1.807, 2.05) is 11.7 Å². The van der Waals surface area contributed by atoms with Crippen LogP contribution >= 0.6 is 0 Å². The summed E-state index contributed by atoms with van der Waals surface area (Å²) >= 11 is 0. The average Bonchev–Trinajstić information content (AvgIpc) is 2.81. The smallest absolute Gasteiger partial charge is 0.148 e. The number of rotatable bonds is 4. The van der Waals surface area contributed by atoms with Crippen molar-refractivity contribution in [3.8, 4) is 0 Å². The van der Waals surface area contributed by atoms with Gasteiger partial charge in [0.15, 0.2) is 0 Å². The summed E-state index contributed by atoms with van der Waals surface area (Å²) in [5.74, 6) is 1.05. The van der Waals surface area contributed by atoms with Crippen LogP contribution in [0.15, 0.2) is 6.07 Å². The molecule has 0 amide bonds. The van der Waals surface area contributed by atoms with Gasteiger partial charge in [-0.05, 0) is 19.3 Å². The molecule has 0 spiro atoms. The van der Waals surface area contributed by atoms with E-state index in [9.17, 15) is 0 Å². The third-order valence-corrected chi connectivity index (χ3v) is 2.41. The zero-order valence-electron chi connectivity index (χ0n) is 8.38. The first-order valence-corrected chi connectivity index (χ1v) is 5.09. The maximum atomic E-state index is 4.41. The summed E-state index contributed by atoms with van der Waals surface area (Å²) in [4.78, 5) is 0. The number of nitrogens with zero attached hydrogens (tertiary/aromatic N) is 2. The quantitative estimate of drug-likeness (QED) is 0.765. The van der Waals surface area contributed by atoms with Gasteiger partial charge < -0.3 is 5.32 Å². The lowest BCUT2D eigenvalue weighted by Gasteiger charge is -1.96. The van der Waals surface area contributed by atoms with Crippen molar-refractivity contribution < 1.29 is 0 Å². The number of hydrogen-bond acceptors (Lipinski definition) is 2. The molecular weight excluding hydrogens is 162 g/mol. The fourth-order valence-electron chi connectivity index (χ4n) is 1.50. The Bertz CT molecular complexity index is 286. The predicted molar refractivity (Wildman–Crippen MR) is 53.8 cm³/mol. The zero-order chi connectivity index (χ0) is 9.26. The largest absolute Gasteiger partial charge is 0.366 e. The topological polar surface area (TPSA) is 29.9 Å². The van der Waals surface area contributed by atoms with E-state index >= 15 is 0 Å². The van der Waals surface area contributed by atoms with Gasteiger partial charge in [0.1, 0.15) is 5.82 Å². The SMILES string of the molecule is CCCc1cc(NC2CC2)nn1C. The van der Waals surface area contributed by atoms with Gasteiger partial charge in [0.2, 0.25) is 0 Å². The lowest BCUT2D eigenvalue weighted by molar-refractivity contribution is 0.698. The summed E-state index contributed by atoms with van der Waals surface area (Å²) in [5, 5.41) is 7.82. The van der Waals surface area contributed by atoms with E-state index in [1.54, 1.807) is 0 Å². The fourth-order valence-corrected chi connectivity index (χ4v) is 1.50. The second kappa shape index (κ2) is 3.40. The highest BCUT2D eigenvalue weighted by molar-refractivity contribution is 5.38. The Hall–Kier alpha value is -0.990. The molecule has 0 aliphatic heterocycles. The zero-order valence-corrected chi connectivity index (χ0v) is 8.38. The van der Waals surface area contributed by atoms with Crippen LogP contribution in [0, 0.1) is 0 Å². The van der Waals surface area contributed by atoms with Gasteiger partial charge in [-0.15, -0.1) is 0 Å². The molecule has 0 atom stereocenters. The van der Waals surface area contributed by atoms with E-state index in [4.69, 9.17) is 0 Å². The lowest BCUT2D eigenvalue weighted by atomic mass is 10.2. The first kappa shape index (κ1) is 8.60. The van der Waals surface area contributed by atoms with Crippen molar-refractivity contribution >= 4 is 5.82 Å². The molecular formula is C10H17N3. The molecule has 1 aliphatic carbocycles. The van der Waals surface area contributed by atoms with E-state index in [2.05, 4.69) is 23.4 Å². The Balaban J connectivity index is 2.04. The molecule has 0 aromatic carbocycles. The molecule has 1 saturated carbocycles. The molecule has 2 rings (SSSR count). The summed E-state index contributed by atoms with van der Waals surface area (Å²) in [6.07, 6.45) is 4.91. The Morgan fingerprint density at radius 2 is 2.38 bits per heavy atom. The number of aromatic nitrogens is 2. The molecule has 72 valence electrons. The number of aryl methyl sites for hydroxylation is 2. The van der Waals surface area contributed by atoms with E-state index in [1.165, 1.54) is 25.0 Å². The molecule has 1 aromatic heterocycles. The van der Waals surface area contributed by atoms with Gasteiger partial charge in [0.05, 0.1) is 0 Å². The highest BCUT2D eigenvalue weighted by Crippen LogP contribution is 2.24. The van der Waals surface area contributed by atoms with Crippen LogP contribution in [0.5, 0.6) is 0 Å². The van der Waals surface area contributed by atoms with Gasteiger partial charge in [-0.1, -0.05) is 13.3 Å². The monoisotopic (exact) mass is 179 g/mol. The fraction of sp³-hybridized carbons (Fsp3) is 0.700. The van der Waals surface area contributed by atoms with E-state index in [0.717, 1.165) is 12.2 Å². The molecule has 0 saturated heterocycles. The van der Waals surface area contributed by atoms with E-state index in [0.29, 0.717) is 6.04 Å². The maximum Gasteiger partial charge on any atom is 0.148 e. The van der Waals surface area contributed by atoms with Crippen molar-refractivity contribution in [2.24, 2.45) is 7.05 Å². The predicted octanol–water partition coefficient (Wildman–Crippen LogP) is 1.95. The molecule has 1 aromatic rings. The van der Waals surface area contributed by atoms with Crippen molar-refractivity contribution in [1.29, 1.82) is 0 Å². The van der Waals surface area contributed by atoms with Crippen molar-refractivity contribution in [1.82, 2.24) is 9.78 Å². The minimum atomic E-state index is 0.698. The average molecular weight is 179 g/mol. The van der Waals surface area contributed by atoms with Crippen molar-refractivity contribution in [2.75, 3.05) is 5.32 Å². The summed E-state index contributed by atoms with van der Waals surface area (Å²) < 4.78 is 1.98.